The first-order valence-electron chi connectivity index (χ1n) is 8.32. The summed E-state index contributed by atoms with van der Waals surface area (Å²) < 4.78 is 4.70. The fourth-order valence-corrected chi connectivity index (χ4v) is 3.64. The monoisotopic (exact) mass is 361 g/mol. The van der Waals surface area contributed by atoms with E-state index in [1.54, 1.807) is 31.2 Å². The molecule has 1 unspecified atom stereocenters. The Bertz CT molecular complexity index is 736. The van der Waals surface area contributed by atoms with Gasteiger partial charge in [-0.15, -0.1) is 11.6 Å². The molecule has 1 aromatic rings. The Kier molecular flexibility index (Phi) is 4.69. The molecular formula is C19H20ClNO4. The summed E-state index contributed by atoms with van der Waals surface area (Å²) in [4.78, 5) is 36.9. The van der Waals surface area contributed by atoms with Crippen molar-refractivity contribution >= 4 is 35.1 Å². The van der Waals surface area contributed by atoms with Crippen LogP contribution in [0.15, 0.2) is 35.4 Å². The third kappa shape index (κ3) is 3.21. The molecule has 1 heterocycles. The van der Waals surface area contributed by atoms with Gasteiger partial charge in [0, 0.05) is 17.6 Å². The predicted molar refractivity (Wildman–Crippen MR) is 94.4 cm³/mol. The molecule has 0 bridgehead atoms. The van der Waals surface area contributed by atoms with Crippen LogP contribution in [0.3, 0.4) is 0 Å². The number of amides is 2. The van der Waals surface area contributed by atoms with Gasteiger partial charge < -0.3 is 4.74 Å². The average Bonchev–Trinajstić information content (AvgIpc) is 2.86. The van der Waals surface area contributed by atoms with E-state index in [1.165, 1.54) is 12.0 Å². The number of carbonyl (C=O) groups excluding carboxylic acids is 3. The van der Waals surface area contributed by atoms with Crippen LogP contribution in [0.25, 0.3) is 0 Å². The highest BCUT2D eigenvalue weighted by atomic mass is 35.5. The van der Waals surface area contributed by atoms with E-state index in [0.717, 1.165) is 18.4 Å². The zero-order valence-electron chi connectivity index (χ0n) is 14.3. The third-order valence-electron chi connectivity index (χ3n) is 4.73. The minimum atomic E-state index is -1.16. The van der Waals surface area contributed by atoms with Crippen molar-refractivity contribution in [3.63, 3.8) is 0 Å². The molecule has 2 aliphatic rings. The summed E-state index contributed by atoms with van der Waals surface area (Å²) in [5.41, 5.74) is 2.70. The maximum absolute atomic E-state index is 12.6. The van der Waals surface area contributed by atoms with Crippen molar-refractivity contribution in [2.45, 2.75) is 43.9 Å². The van der Waals surface area contributed by atoms with Gasteiger partial charge in [-0.3, -0.25) is 14.4 Å². The number of hydrogen-bond donors (Lipinski definition) is 0. The van der Waals surface area contributed by atoms with Crippen LogP contribution in [0.5, 0.6) is 0 Å². The third-order valence-corrected chi connectivity index (χ3v) is 5.02. The SMILES string of the molecule is COC(=O)C(C)(Cl)Cc1ccc(N2C(=O)C3=C(CCCC3)C2=O)cc1. The summed E-state index contributed by atoms with van der Waals surface area (Å²) in [6, 6.07) is 6.98. The lowest BCUT2D eigenvalue weighted by molar-refractivity contribution is -0.143. The van der Waals surface area contributed by atoms with Gasteiger partial charge in [-0.1, -0.05) is 12.1 Å². The fourth-order valence-electron chi connectivity index (χ4n) is 3.41. The molecule has 6 heteroatoms. The lowest BCUT2D eigenvalue weighted by Gasteiger charge is -2.20. The highest BCUT2D eigenvalue weighted by Gasteiger charge is 2.39. The molecule has 0 aromatic heterocycles. The summed E-state index contributed by atoms with van der Waals surface area (Å²) >= 11 is 6.22. The smallest absolute Gasteiger partial charge is 0.326 e. The Labute approximate surface area is 151 Å². The number of alkyl halides is 1. The zero-order chi connectivity index (χ0) is 18.2. The van der Waals surface area contributed by atoms with Gasteiger partial charge in [-0.25, -0.2) is 4.90 Å². The van der Waals surface area contributed by atoms with E-state index in [-0.39, 0.29) is 18.2 Å². The van der Waals surface area contributed by atoms with Gasteiger partial charge in [-0.2, -0.15) is 0 Å². The van der Waals surface area contributed by atoms with Crippen LogP contribution < -0.4 is 4.90 Å². The quantitative estimate of drug-likeness (QED) is 0.469. The van der Waals surface area contributed by atoms with Crippen LogP contribution >= 0.6 is 11.6 Å². The molecule has 1 aromatic carbocycles. The Morgan fingerprint density at radius 3 is 2.12 bits per heavy atom. The standard InChI is InChI=1S/C19H20ClNO4/c1-19(20,18(24)25-2)11-12-7-9-13(10-8-12)21-16(22)14-5-3-4-6-15(14)17(21)23/h7-10H,3-6,11H2,1-2H3. The Morgan fingerprint density at radius 2 is 1.64 bits per heavy atom. The van der Waals surface area contributed by atoms with E-state index in [2.05, 4.69) is 0 Å². The molecule has 25 heavy (non-hydrogen) atoms. The van der Waals surface area contributed by atoms with Crippen molar-refractivity contribution in [2.75, 3.05) is 12.0 Å². The van der Waals surface area contributed by atoms with Gasteiger partial charge in [0.05, 0.1) is 12.8 Å². The average molecular weight is 362 g/mol. The number of benzene rings is 1. The Hall–Kier alpha value is -2.14. The maximum Gasteiger partial charge on any atom is 0.326 e. The molecule has 0 saturated heterocycles. The molecule has 0 spiro atoms. The molecular weight excluding hydrogens is 342 g/mol. The largest absolute Gasteiger partial charge is 0.468 e. The molecule has 3 rings (SSSR count). The molecule has 0 N–H and O–H groups in total. The second-order valence-corrected chi connectivity index (χ2v) is 7.48. The van der Waals surface area contributed by atoms with Crippen molar-refractivity contribution in [2.24, 2.45) is 0 Å². The number of esters is 1. The lowest BCUT2D eigenvalue weighted by atomic mass is 9.93. The molecule has 1 aliphatic carbocycles. The van der Waals surface area contributed by atoms with Gasteiger partial charge in [0.25, 0.3) is 11.8 Å². The molecule has 1 aliphatic heterocycles. The number of imide groups is 1. The number of halogens is 1. The fraction of sp³-hybridized carbons (Fsp3) is 0.421. The van der Waals surface area contributed by atoms with Crippen LogP contribution in [-0.4, -0.2) is 29.8 Å². The Balaban J connectivity index is 1.79. The van der Waals surface area contributed by atoms with Gasteiger partial charge in [0.1, 0.15) is 4.87 Å². The van der Waals surface area contributed by atoms with E-state index >= 15 is 0 Å². The second-order valence-electron chi connectivity index (χ2n) is 6.64. The van der Waals surface area contributed by atoms with Gasteiger partial charge in [0.2, 0.25) is 0 Å². The van der Waals surface area contributed by atoms with E-state index in [9.17, 15) is 14.4 Å². The van der Waals surface area contributed by atoms with Crippen LogP contribution in [0.1, 0.15) is 38.2 Å². The van der Waals surface area contributed by atoms with E-state index in [0.29, 0.717) is 29.7 Å². The lowest BCUT2D eigenvalue weighted by Crippen LogP contribution is -2.33. The highest BCUT2D eigenvalue weighted by molar-refractivity contribution is 6.34. The van der Waals surface area contributed by atoms with Crippen molar-refractivity contribution < 1.29 is 19.1 Å². The number of methoxy groups -OCH3 is 1. The summed E-state index contributed by atoms with van der Waals surface area (Å²) in [5, 5.41) is 0. The normalized spacial score (nSPS) is 19.7. The first-order valence-corrected chi connectivity index (χ1v) is 8.70. The molecule has 0 fully saturated rings. The maximum atomic E-state index is 12.6. The van der Waals surface area contributed by atoms with Crippen LogP contribution in [0.4, 0.5) is 5.69 Å². The highest BCUT2D eigenvalue weighted by Crippen LogP contribution is 2.35. The first-order chi connectivity index (χ1) is 11.8. The van der Waals surface area contributed by atoms with Crippen LogP contribution in [-0.2, 0) is 25.5 Å². The van der Waals surface area contributed by atoms with E-state index in [4.69, 9.17) is 16.3 Å². The van der Waals surface area contributed by atoms with Crippen LogP contribution in [0.2, 0.25) is 0 Å². The number of carbonyl (C=O) groups is 3. The summed E-state index contributed by atoms with van der Waals surface area (Å²) in [7, 11) is 1.30. The summed E-state index contributed by atoms with van der Waals surface area (Å²) in [6.07, 6.45) is 3.55. The summed E-state index contributed by atoms with van der Waals surface area (Å²) in [5.74, 6) is -0.909. The zero-order valence-corrected chi connectivity index (χ0v) is 15.1. The predicted octanol–water partition coefficient (Wildman–Crippen LogP) is 3.14. The first kappa shape index (κ1) is 17.7. The molecule has 5 nitrogen and oxygen atoms in total. The van der Waals surface area contributed by atoms with Crippen molar-refractivity contribution in [3.8, 4) is 0 Å². The molecule has 0 radical (unpaired) electrons. The van der Waals surface area contributed by atoms with Gasteiger partial charge >= 0.3 is 5.97 Å². The molecule has 2 amide bonds. The minimum Gasteiger partial charge on any atom is -0.468 e. The number of hydrogen-bond acceptors (Lipinski definition) is 4. The second kappa shape index (κ2) is 6.64. The number of nitrogens with zero attached hydrogens (tertiary/aromatic N) is 1. The van der Waals surface area contributed by atoms with Crippen molar-refractivity contribution in [3.05, 3.63) is 41.0 Å². The number of ether oxygens (including phenoxy) is 1. The topological polar surface area (TPSA) is 63.7 Å². The number of anilines is 1. The Morgan fingerprint density at radius 1 is 1.12 bits per heavy atom. The molecule has 1 atom stereocenters. The molecule has 0 saturated carbocycles. The van der Waals surface area contributed by atoms with Gasteiger partial charge in [0.15, 0.2) is 0 Å². The van der Waals surface area contributed by atoms with Gasteiger partial charge in [-0.05, 0) is 50.3 Å². The van der Waals surface area contributed by atoms with E-state index < -0.39 is 10.8 Å². The van der Waals surface area contributed by atoms with Crippen molar-refractivity contribution in [1.82, 2.24) is 0 Å². The number of rotatable bonds is 4. The van der Waals surface area contributed by atoms with Crippen LogP contribution in [0, 0.1) is 0 Å². The van der Waals surface area contributed by atoms with Crippen molar-refractivity contribution in [1.29, 1.82) is 0 Å². The van der Waals surface area contributed by atoms with E-state index in [1.807, 2.05) is 0 Å². The minimum absolute atomic E-state index is 0.204. The molecule has 132 valence electrons. The summed E-state index contributed by atoms with van der Waals surface area (Å²) in [6.45, 7) is 1.60.